The van der Waals surface area contributed by atoms with Crippen molar-refractivity contribution >= 4 is 17.6 Å². The summed E-state index contributed by atoms with van der Waals surface area (Å²) in [6.07, 6.45) is 3.19. The summed E-state index contributed by atoms with van der Waals surface area (Å²) >= 11 is 5.83. The van der Waals surface area contributed by atoms with Crippen molar-refractivity contribution < 1.29 is 14.3 Å². The van der Waals surface area contributed by atoms with Gasteiger partial charge in [0.05, 0.1) is 12.2 Å². The SMILES string of the molecule is C=CCN(CC(=O)O)Cc1coc(-c2ccc(Cl)cc2)n1. The zero-order valence-electron chi connectivity index (χ0n) is 11.3. The number of rotatable bonds is 7. The number of nitrogens with zero attached hydrogens (tertiary/aromatic N) is 2. The highest BCUT2D eigenvalue weighted by molar-refractivity contribution is 6.30. The molecule has 0 bridgehead atoms. The van der Waals surface area contributed by atoms with E-state index in [2.05, 4.69) is 11.6 Å². The van der Waals surface area contributed by atoms with Gasteiger partial charge in [-0.05, 0) is 24.3 Å². The number of benzene rings is 1. The number of carboxylic acid groups (broad SMARTS) is 1. The molecule has 0 amide bonds. The standard InChI is InChI=1S/C15H15ClN2O3/c1-2-7-18(9-14(19)20)8-13-10-21-15(17-13)11-3-5-12(16)6-4-11/h2-6,10H,1,7-9H2,(H,19,20). The van der Waals surface area contributed by atoms with Gasteiger partial charge >= 0.3 is 5.97 Å². The van der Waals surface area contributed by atoms with E-state index in [4.69, 9.17) is 21.1 Å². The van der Waals surface area contributed by atoms with Gasteiger partial charge in [-0.15, -0.1) is 6.58 Å². The minimum atomic E-state index is -0.890. The third-order valence-corrected chi connectivity index (χ3v) is 3.03. The Labute approximate surface area is 127 Å². The zero-order valence-corrected chi connectivity index (χ0v) is 12.1. The minimum absolute atomic E-state index is 0.0742. The Morgan fingerprint density at radius 1 is 1.43 bits per heavy atom. The summed E-state index contributed by atoms with van der Waals surface area (Å²) in [5.41, 5.74) is 1.49. The maximum Gasteiger partial charge on any atom is 0.317 e. The topological polar surface area (TPSA) is 66.6 Å². The van der Waals surface area contributed by atoms with Gasteiger partial charge in [-0.25, -0.2) is 4.98 Å². The fourth-order valence-electron chi connectivity index (χ4n) is 1.89. The fraction of sp³-hybridized carbons (Fsp3) is 0.200. The van der Waals surface area contributed by atoms with Crippen LogP contribution >= 0.6 is 11.6 Å². The van der Waals surface area contributed by atoms with Gasteiger partial charge in [0.25, 0.3) is 0 Å². The maximum atomic E-state index is 10.8. The number of aliphatic carboxylic acids is 1. The van der Waals surface area contributed by atoms with Gasteiger partial charge in [-0.2, -0.15) is 0 Å². The van der Waals surface area contributed by atoms with E-state index in [0.29, 0.717) is 29.7 Å². The van der Waals surface area contributed by atoms with Crippen molar-refractivity contribution in [3.63, 3.8) is 0 Å². The van der Waals surface area contributed by atoms with Gasteiger partial charge < -0.3 is 9.52 Å². The number of hydrogen-bond acceptors (Lipinski definition) is 4. The fourth-order valence-corrected chi connectivity index (χ4v) is 2.02. The Balaban J connectivity index is 2.09. The molecule has 1 aromatic carbocycles. The lowest BCUT2D eigenvalue weighted by atomic mass is 10.2. The van der Waals surface area contributed by atoms with Crippen LogP contribution in [0.4, 0.5) is 0 Å². The zero-order chi connectivity index (χ0) is 15.2. The van der Waals surface area contributed by atoms with Crippen LogP contribution in [0, 0.1) is 0 Å². The highest BCUT2D eigenvalue weighted by Gasteiger charge is 2.12. The van der Waals surface area contributed by atoms with Crippen LogP contribution in [0.15, 0.2) is 47.6 Å². The van der Waals surface area contributed by atoms with Crippen molar-refractivity contribution in [3.8, 4) is 11.5 Å². The Kier molecular flexibility index (Phi) is 5.14. The first-order chi connectivity index (χ1) is 10.1. The number of oxazole rings is 1. The average Bonchev–Trinajstić information content (AvgIpc) is 2.87. The molecule has 0 atom stereocenters. The molecule has 110 valence electrons. The molecule has 0 unspecified atom stereocenters. The molecule has 0 saturated carbocycles. The summed E-state index contributed by atoms with van der Waals surface area (Å²) in [6.45, 7) is 4.40. The average molecular weight is 307 g/mol. The van der Waals surface area contributed by atoms with Crippen molar-refractivity contribution in [3.05, 3.63) is 53.9 Å². The molecule has 0 radical (unpaired) electrons. The summed E-state index contributed by atoms with van der Waals surface area (Å²) in [5.74, 6) is -0.409. The highest BCUT2D eigenvalue weighted by Crippen LogP contribution is 2.21. The quantitative estimate of drug-likeness (QED) is 0.796. The van der Waals surface area contributed by atoms with E-state index >= 15 is 0 Å². The largest absolute Gasteiger partial charge is 0.480 e. The molecule has 2 aromatic rings. The monoisotopic (exact) mass is 306 g/mol. The van der Waals surface area contributed by atoms with E-state index < -0.39 is 5.97 Å². The van der Waals surface area contributed by atoms with E-state index in [1.807, 2.05) is 12.1 Å². The van der Waals surface area contributed by atoms with E-state index in [1.165, 1.54) is 6.26 Å². The number of carbonyl (C=O) groups is 1. The normalized spacial score (nSPS) is 10.8. The van der Waals surface area contributed by atoms with Crippen molar-refractivity contribution in [1.29, 1.82) is 0 Å². The predicted molar refractivity (Wildman–Crippen MR) is 80.1 cm³/mol. The third kappa shape index (κ3) is 4.44. The summed E-state index contributed by atoms with van der Waals surface area (Å²) in [5, 5.41) is 9.51. The van der Waals surface area contributed by atoms with Crippen LogP contribution < -0.4 is 0 Å². The molecule has 0 saturated heterocycles. The van der Waals surface area contributed by atoms with Gasteiger partial charge in [0.2, 0.25) is 5.89 Å². The molecule has 1 N–H and O–H groups in total. The van der Waals surface area contributed by atoms with Crippen LogP contribution in [0.25, 0.3) is 11.5 Å². The lowest BCUT2D eigenvalue weighted by Crippen LogP contribution is -2.29. The first kappa shape index (κ1) is 15.3. The van der Waals surface area contributed by atoms with Crippen molar-refractivity contribution in [2.45, 2.75) is 6.54 Å². The molecule has 5 nitrogen and oxygen atoms in total. The van der Waals surface area contributed by atoms with Crippen LogP contribution in [0.5, 0.6) is 0 Å². The molecule has 0 aliphatic carbocycles. The van der Waals surface area contributed by atoms with Gasteiger partial charge in [-0.1, -0.05) is 17.7 Å². The molecule has 1 heterocycles. The molecular weight excluding hydrogens is 292 g/mol. The third-order valence-electron chi connectivity index (χ3n) is 2.77. The minimum Gasteiger partial charge on any atom is -0.480 e. The van der Waals surface area contributed by atoms with Crippen LogP contribution in [0.2, 0.25) is 5.02 Å². The molecule has 0 aliphatic heterocycles. The van der Waals surface area contributed by atoms with Gasteiger partial charge in [0.15, 0.2) is 0 Å². The molecule has 6 heteroatoms. The Morgan fingerprint density at radius 2 is 2.14 bits per heavy atom. The molecule has 21 heavy (non-hydrogen) atoms. The van der Waals surface area contributed by atoms with E-state index in [9.17, 15) is 4.79 Å². The Morgan fingerprint density at radius 3 is 2.76 bits per heavy atom. The van der Waals surface area contributed by atoms with Gasteiger partial charge in [0, 0.05) is 23.7 Å². The summed E-state index contributed by atoms with van der Waals surface area (Å²) < 4.78 is 5.42. The maximum absolute atomic E-state index is 10.8. The number of halogens is 1. The predicted octanol–water partition coefficient (Wildman–Crippen LogP) is 3.07. The number of aromatic nitrogens is 1. The highest BCUT2D eigenvalue weighted by atomic mass is 35.5. The number of carboxylic acids is 1. The summed E-state index contributed by atoms with van der Waals surface area (Å²) in [4.78, 5) is 16.9. The second-order valence-electron chi connectivity index (χ2n) is 4.50. The molecule has 0 spiro atoms. The Bertz CT molecular complexity index is 622. The van der Waals surface area contributed by atoms with Crippen molar-refractivity contribution in [2.24, 2.45) is 0 Å². The van der Waals surface area contributed by atoms with Crippen LogP contribution in [0.3, 0.4) is 0 Å². The second kappa shape index (κ2) is 7.06. The Hall–Kier alpha value is -2.11. The van der Waals surface area contributed by atoms with Crippen molar-refractivity contribution in [2.75, 3.05) is 13.1 Å². The van der Waals surface area contributed by atoms with Crippen LogP contribution in [-0.2, 0) is 11.3 Å². The molecule has 1 aromatic heterocycles. The number of hydrogen-bond donors (Lipinski definition) is 1. The smallest absolute Gasteiger partial charge is 0.317 e. The summed E-state index contributed by atoms with van der Waals surface area (Å²) in [6, 6.07) is 7.15. The lowest BCUT2D eigenvalue weighted by molar-refractivity contribution is -0.138. The van der Waals surface area contributed by atoms with Crippen LogP contribution in [-0.4, -0.2) is 34.0 Å². The van der Waals surface area contributed by atoms with E-state index in [0.717, 1.165) is 5.56 Å². The van der Waals surface area contributed by atoms with E-state index in [1.54, 1.807) is 23.1 Å². The van der Waals surface area contributed by atoms with Crippen LogP contribution in [0.1, 0.15) is 5.69 Å². The van der Waals surface area contributed by atoms with E-state index in [-0.39, 0.29) is 6.54 Å². The molecule has 0 aliphatic rings. The van der Waals surface area contributed by atoms with Gasteiger partial charge in [-0.3, -0.25) is 9.69 Å². The molecule has 0 fully saturated rings. The lowest BCUT2D eigenvalue weighted by Gasteiger charge is -2.16. The second-order valence-corrected chi connectivity index (χ2v) is 4.94. The first-order valence-corrected chi connectivity index (χ1v) is 6.71. The molecule has 2 rings (SSSR count). The van der Waals surface area contributed by atoms with Gasteiger partial charge in [0.1, 0.15) is 6.26 Å². The first-order valence-electron chi connectivity index (χ1n) is 6.34. The molecular formula is C15H15ClN2O3. The summed E-state index contributed by atoms with van der Waals surface area (Å²) in [7, 11) is 0. The van der Waals surface area contributed by atoms with Crippen molar-refractivity contribution in [1.82, 2.24) is 9.88 Å².